The van der Waals surface area contributed by atoms with Gasteiger partial charge in [0.25, 0.3) is 5.56 Å². The highest BCUT2D eigenvalue weighted by molar-refractivity contribution is 5.86. The second kappa shape index (κ2) is 4.93. The summed E-state index contributed by atoms with van der Waals surface area (Å²) in [5, 5.41) is 7.75. The first-order valence-corrected chi connectivity index (χ1v) is 7.02. The summed E-state index contributed by atoms with van der Waals surface area (Å²) in [6.45, 7) is 2.65. The largest absolute Gasteiger partial charge is 0.332 e. The lowest BCUT2D eigenvalue weighted by Gasteiger charge is -2.07. The number of aromatic nitrogens is 6. The van der Waals surface area contributed by atoms with Crippen molar-refractivity contribution in [3.63, 3.8) is 0 Å². The summed E-state index contributed by atoms with van der Waals surface area (Å²) in [4.78, 5) is 39.8. The van der Waals surface area contributed by atoms with Crippen LogP contribution < -0.4 is 16.7 Å². The Labute approximate surface area is 123 Å². The molecule has 3 rings (SSSR count). The van der Waals surface area contributed by atoms with Crippen molar-refractivity contribution in [1.82, 2.24) is 29.1 Å². The molecule has 0 radical (unpaired) electrons. The Morgan fingerprint density at radius 1 is 1.09 bits per heavy atom. The highest BCUT2D eigenvalue weighted by Crippen LogP contribution is 2.09. The second-order valence-corrected chi connectivity index (χ2v) is 5.25. The molecule has 0 saturated heterocycles. The molecule has 0 unspecified atom stereocenters. The number of aromatic amines is 1. The van der Waals surface area contributed by atoms with Gasteiger partial charge in [-0.2, -0.15) is 0 Å². The van der Waals surface area contributed by atoms with Crippen LogP contribution in [0, 0.1) is 0 Å². The molecular formula is C13H16N6O3. The quantitative estimate of drug-likeness (QED) is 0.700. The van der Waals surface area contributed by atoms with Crippen LogP contribution in [0.4, 0.5) is 0 Å². The molecule has 0 aromatic carbocycles. The topological polar surface area (TPSA) is 108 Å². The van der Waals surface area contributed by atoms with E-state index < -0.39 is 16.7 Å². The molecule has 0 atom stereocenters. The third-order valence-electron chi connectivity index (χ3n) is 3.80. The van der Waals surface area contributed by atoms with Crippen LogP contribution in [0.25, 0.3) is 22.2 Å². The van der Waals surface area contributed by atoms with Crippen molar-refractivity contribution in [3.8, 4) is 0 Å². The van der Waals surface area contributed by atoms with Gasteiger partial charge in [-0.15, -0.1) is 5.10 Å². The van der Waals surface area contributed by atoms with Gasteiger partial charge in [-0.05, 0) is 6.42 Å². The monoisotopic (exact) mass is 304 g/mol. The Morgan fingerprint density at radius 2 is 1.82 bits per heavy atom. The summed E-state index contributed by atoms with van der Waals surface area (Å²) in [6.07, 6.45) is 1.85. The van der Waals surface area contributed by atoms with Gasteiger partial charge in [0.1, 0.15) is 11.0 Å². The zero-order valence-electron chi connectivity index (χ0n) is 12.6. The lowest BCUT2D eigenvalue weighted by molar-refractivity contribution is 0.564. The molecule has 3 aromatic rings. The fourth-order valence-corrected chi connectivity index (χ4v) is 2.48. The predicted octanol–water partition coefficient (Wildman–Crippen LogP) is -0.530. The minimum Gasteiger partial charge on any atom is -0.324 e. The standard InChI is InChI=1S/C13H16N6O3/c1-4-5-6-19-11-8(15-16-19)9(20)7-10(14-11)17(2)13(22)18(3)12(7)21/h4-6H2,1-3H3,(H,14,20). The third-order valence-corrected chi connectivity index (χ3v) is 3.80. The zero-order valence-corrected chi connectivity index (χ0v) is 12.6. The molecule has 0 aliphatic carbocycles. The van der Waals surface area contributed by atoms with E-state index >= 15 is 0 Å². The number of hydrogen-bond donors (Lipinski definition) is 1. The molecule has 0 bridgehead atoms. The molecule has 9 nitrogen and oxygen atoms in total. The summed E-state index contributed by atoms with van der Waals surface area (Å²) in [6, 6.07) is 0. The number of hydrogen-bond acceptors (Lipinski definition) is 5. The van der Waals surface area contributed by atoms with Gasteiger partial charge in [0, 0.05) is 20.6 Å². The summed E-state index contributed by atoms with van der Waals surface area (Å²) in [5.41, 5.74) is -0.925. The maximum absolute atomic E-state index is 12.5. The second-order valence-electron chi connectivity index (χ2n) is 5.25. The molecule has 22 heavy (non-hydrogen) atoms. The van der Waals surface area contributed by atoms with Crippen LogP contribution in [0.1, 0.15) is 19.8 Å². The number of fused-ring (bicyclic) bond motifs is 2. The minimum absolute atomic E-state index is 0.0837. The van der Waals surface area contributed by atoms with Crippen LogP contribution in [0.15, 0.2) is 14.4 Å². The van der Waals surface area contributed by atoms with Crippen LogP contribution in [0.3, 0.4) is 0 Å². The van der Waals surface area contributed by atoms with Gasteiger partial charge < -0.3 is 4.98 Å². The van der Waals surface area contributed by atoms with E-state index in [-0.39, 0.29) is 16.6 Å². The Bertz CT molecular complexity index is 1050. The molecule has 9 heteroatoms. The van der Waals surface area contributed by atoms with Crippen molar-refractivity contribution in [1.29, 1.82) is 0 Å². The molecule has 1 N–H and O–H groups in total. The van der Waals surface area contributed by atoms with Gasteiger partial charge in [-0.1, -0.05) is 18.6 Å². The van der Waals surface area contributed by atoms with E-state index in [1.165, 1.54) is 18.7 Å². The van der Waals surface area contributed by atoms with Crippen LogP contribution in [0.5, 0.6) is 0 Å². The molecule has 0 aliphatic heterocycles. The van der Waals surface area contributed by atoms with Gasteiger partial charge in [0.2, 0.25) is 5.43 Å². The van der Waals surface area contributed by atoms with Crippen LogP contribution >= 0.6 is 0 Å². The molecule has 0 amide bonds. The first kappa shape index (κ1) is 14.2. The Balaban J connectivity index is 2.50. The van der Waals surface area contributed by atoms with E-state index in [1.54, 1.807) is 4.68 Å². The van der Waals surface area contributed by atoms with Crippen LogP contribution in [-0.4, -0.2) is 29.1 Å². The van der Waals surface area contributed by atoms with Crippen molar-refractivity contribution < 1.29 is 0 Å². The summed E-state index contributed by atoms with van der Waals surface area (Å²) in [5.74, 6) is 0. The number of nitrogens with zero attached hydrogens (tertiary/aromatic N) is 5. The molecule has 0 saturated carbocycles. The van der Waals surface area contributed by atoms with Crippen LogP contribution in [-0.2, 0) is 20.6 Å². The van der Waals surface area contributed by atoms with Crippen LogP contribution in [0.2, 0.25) is 0 Å². The fraction of sp³-hybridized carbons (Fsp3) is 0.462. The summed E-state index contributed by atoms with van der Waals surface area (Å²) >= 11 is 0. The average Bonchev–Trinajstić information content (AvgIpc) is 2.92. The Morgan fingerprint density at radius 3 is 2.50 bits per heavy atom. The van der Waals surface area contributed by atoms with E-state index in [0.29, 0.717) is 12.2 Å². The smallest absolute Gasteiger partial charge is 0.324 e. The average molecular weight is 304 g/mol. The number of unbranched alkanes of at least 4 members (excludes halogenated alkanes) is 1. The van der Waals surface area contributed by atoms with Gasteiger partial charge in [0.05, 0.1) is 0 Å². The normalized spacial score (nSPS) is 11.6. The van der Waals surface area contributed by atoms with Crippen molar-refractivity contribution in [3.05, 3.63) is 31.1 Å². The van der Waals surface area contributed by atoms with Gasteiger partial charge in [-0.3, -0.25) is 18.7 Å². The van der Waals surface area contributed by atoms with Crippen molar-refractivity contribution in [2.45, 2.75) is 26.3 Å². The summed E-state index contributed by atoms with van der Waals surface area (Å²) < 4.78 is 3.74. The zero-order chi connectivity index (χ0) is 16.0. The molecule has 0 fully saturated rings. The number of aryl methyl sites for hydroxylation is 2. The maximum atomic E-state index is 12.5. The molecule has 116 valence electrons. The number of pyridine rings is 1. The molecule has 0 aliphatic rings. The first-order valence-electron chi connectivity index (χ1n) is 7.02. The number of H-pyrrole nitrogens is 1. The van der Waals surface area contributed by atoms with E-state index in [0.717, 1.165) is 17.4 Å². The maximum Gasteiger partial charge on any atom is 0.332 e. The highest BCUT2D eigenvalue weighted by atomic mass is 16.2. The SMILES string of the molecule is CCCCn1nnc2c(=O)c3c(=O)n(C)c(=O)n(C)c3[nH]c21. The lowest BCUT2D eigenvalue weighted by Crippen LogP contribution is -2.39. The predicted molar refractivity (Wildman–Crippen MR) is 81.0 cm³/mol. The van der Waals surface area contributed by atoms with E-state index in [1.807, 2.05) is 6.92 Å². The fourth-order valence-electron chi connectivity index (χ4n) is 2.48. The van der Waals surface area contributed by atoms with Crippen molar-refractivity contribution >= 4 is 22.2 Å². The molecule has 3 heterocycles. The van der Waals surface area contributed by atoms with Crippen molar-refractivity contribution in [2.24, 2.45) is 14.1 Å². The summed E-state index contributed by atoms with van der Waals surface area (Å²) in [7, 11) is 2.85. The van der Waals surface area contributed by atoms with Gasteiger partial charge in [0.15, 0.2) is 11.2 Å². The lowest BCUT2D eigenvalue weighted by atomic mass is 10.3. The molecule has 0 spiro atoms. The molecule has 3 aromatic heterocycles. The van der Waals surface area contributed by atoms with E-state index in [9.17, 15) is 14.4 Å². The van der Waals surface area contributed by atoms with Gasteiger partial charge >= 0.3 is 5.69 Å². The number of rotatable bonds is 3. The Hall–Kier alpha value is -2.71. The Kier molecular flexibility index (Phi) is 3.19. The van der Waals surface area contributed by atoms with Gasteiger partial charge in [-0.25, -0.2) is 9.48 Å². The first-order chi connectivity index (χ1) is 10.5. The third kappa shape index (κ3) is 1.81. The van der Waals surface area contributed by atoms with Crippen molar-refractivity contribution in [2.75, 3.05) is 0 Å². The van der Waals surface area contributed by atoms with E-state index in [2.05, 4.69) is 15.3 Å². The highest BCUT2D eigenvalue weighted by Gasteiger charge is 2.18. The number of nitrogens with one attached hydrogen (secondary N) is 1. The molecular weight excluding hydrogens is 288 g/mol. The minimum atomic E-state index is -0.635. The van der Waals surface area contributed by atoms with E-state index in [4.69, 9.17) is 0 Å².